The van der Waals surface area contributed by atoms with Gasteiger partial charge in [0.2, 0.25) is 0 Å². The minimum Gasteiger partial charge on any atom is -0.354 e. The van der Waals surface area contributed by atoms with Crippen molar-refractivity contribution in [3.05, 3.63) is 30.0 Å². The number of hydrogen-bond donors (Lipinski definition) is 1. The highest BCUT2D eigenvalue weighted by Crippen LogP contribution is 2.27. The molecule has 4 nitrogen and oxygen atoms in total. The van der Waals surface area contributed by atoms with E-state index >= 15 is 0 Å². The van der Waals surface area contributed by atoms with Gasteiger partial charge in [-0.25, -0.2) is 18.7 Å². The van der Waals surface area contributed by atoms with Crippen molar-refractivity contribution in [2.45, 2.75) is 12.5 Å². The highest BCUT2D eigenvalue weighted by Gasteiger charge is 2.35. The Balaban J connectivity index is 1.68. The van der Waals surface area contributed by atoms with Gasteiger partial charge >= 0.3 is 0 Å². The molecule has 0 amide bonds. The van der Waals surface area contributed by atoms with Crippen molar-refractivity contribution in [3.8, 4) is 0 Å². The zero-order chi connectivity index (χ0) is 13.7. The first-order chi connectivity index (χ1) is 9.72. The van der Waals surface area contributed by atoms with E-state index in [2.05, 4.69) is 20.2 Å². The van der Waals surface area contributed by atoms with Crippen molar-refractivity contribution in [2.75, 3.05) is 24.5 Å². The molecule has 104 valence electrons. The summed E-state index contributed by atoms with van der Waals surface area (Å²) in [6.45, 7) is 2.94. The molecule has 6 heteroatoms. The molecule has 0 saturated carbocycles. The molecule has 2 atom stereocenters. The van der Waals surface area contributed by atoms with Crippen LogP contribution in [0.15, 0.2) is 18.3 Å². The van der Waals surface area contributed by atoms with Crippen molar-refractivity contribution in [1.82, 2.24) is 15.3 Å². The summed E-state index contributed by atoms with van der Waals surface area (Å²) in [5.41, 5.74) is 0.385. The van der Waals surface area contributed by atoms with Gasteiger partial charge in [-0.1, -0.05) is 0 Å². The summed E-state index contributed by atoms with van der Waals surface area (Å²) in [7, 11) is 0. The van der Waals surface area contributed by atoms with Crippen LogP contribution in [0.4, 0.5) is 14.6 Å². The van der Waals surface area contributed by atoms with Gasteiger partial charge in [0.25, 0.3) is 0 Å². The van der Waals surface area contributed by atoms with Crippen LogP contribution in [0, 0.1) is 17.6 Å². The molecule has 2 fully saturated rings. The molecular weight excluding hydrogens is 262 g/mol. The SMILES string of the molecule is Fc1ccc2nc(N3CC[C@@H]4CN[C@@H]4C3)cnc2c1F. The number of fused-ring (bicyclic) bond motifs is 2. The summed E-state index contributed by atoms with van der Waals surface area (Å²) in [6.07, 6.45) is 2.67. The Morgan fingerprint density at radius 2 is 2.20 bits per heavy atom. The summed E-state index contributed by atoms with van der Waals surface area (Å²) >= 11 is 0. The highest BCUT2D eigenvalue weighted by atomic mass is 19.2. The molecule has 4 rings (SSSR count). The van der Waals surface area contributed by atoms with E-state index < -0.39 is 11.6 Å². The quantitative estimate of drug-likeness (QED) is 0.861. The molecule has 20 heavy (non-hydrogen) atoms. The van der Waals surface area contributed by atoms with Gasteiger partial charge in [0, 0.05) is 19.1 Å². The average Bonchev–Trinajstić information content (AvgIpc) is 2.44. The van der Waals surface area contributed by atoms with E-state index in [0.29, 0.717) is 11.6 Å². The lowest BCUT2D eigenvalue weighted by molar-refractivity contribution is 0.196. The van der Waals surface area contributed by atoms with Crippen LogP contribution in [0.2, 0.25) is 0 Å². The van der Waals surface area contributed by atoms with Gasteiger partial charge in [0.1, 0.15) is 11.3 Å². The first-order valence-electron chi connectivity index (χ1n) is 6.81. The predicted molar refractivity (Wildman–Crippen MR) is 71.6 cm³/mol. The van der Waals surface area contributed by atoms with Gasteiger partial charge in [-0.2, -0.15) is 0 Å². The largest absolute Gasteiger partial charge is 0.354 e. The third-order valence-electron chi connectivity index (χ3n) is 4.31. The van der Waals surface area contributed by atoms with Crippen molar-refractivity contribution < 1.29 is 8.78 Å². The summed E-state index contributed by atoms with van der Waals surface area (Å²) < 4.78 is 26.7. The lowest BCUT2D eigenvalue weighted by Gasteiger charge is -2.46. The van der Waals surface area contributed by atoms with Crippen LogP contribution in [0.3, 0.4) is 0 Å². The van der Waals surface area contributed by atoms with Gasteiger partial charge in [-0.05, 0) is 31.0 Å². The molecule has 0 aliphatic carbocycles. The first kappa shape index (κ1) is 12.0. The predicted octanol–water partition coefficient (Wildman–Crippen LogP) is 1.71. The van der Waals surface area contributed by atoms with Crippen molar-refractivity contribution in [3.63, 3.8) is 0 Å². The fraction of sp³-hybridized carbons (Fsp3) is 0.429. The molecular formula is C14H14F2N4. The maximum Gasteiger partial charge on any atom is 0.186 e. The molecule has 0 bridgehead atoms. The summed E-state index contributed by atoms with van der Waals surface area (Å²) in [4.78, 5) is 10.6. The maximum atomic E-state index is 13.6. The van der Waals surface area contributed by atoms with E-state index in [9.17, 15) is 8.78 Å². The topological polar surface area (TPSA) is 41.1 Å². The van der Waals surface area contributed by atoms with E-state index in [0.717, 1.165) is 43.9 Å². The number of benzene rings is 1. The summed E-state index contributed by atoms with van der Waals surface area (Å²) in [6, 6.07) is 3.08. The Labute approximate surface area is 114 Å². The second-order valence-corrected chi connectivity index (χ2v) is 5.47. The Morgan fingerprint density at radius 3 is 2.95 bits per heavy atom. The van der Waals surface area contributed by atoms with Crippen molar-refractivity contribution in [1.29, 1.82) is 0 Å². The zero-order valence-electron chi connectivity index (χ0n) is 10.8. The number of hydrogen-bond acceptors (Lipinski definition) is 4. The van der Waals surface area contributed by atoms with E-state index in [4.69, 9.17) is 0 Å². The molecule has 0 unspecified atom stereocenters. The average molecular weight is 276 g/mol. The Kier molecular flexibility index (Phi) is 2.60. The molecule has 1 aromatic carbocycles. The molecule has 0 radical (unpaired) electrons. The maximum absolute atomic E-state index is 13.6. The zero-order valence-corrected chi connectivity index (χ0v) is 10.8. The Hall–Kier alpha value is -1.82. The lowest BCUT2D eigenvalue weighted by Crippen LogP contribution is -2.62. The van der Waals surface area contributed by atoms with Crippen LogP contribution in [0.5, 0.6) is 0 Å². The van der Waals surface area contributed by atoms with Gasteiger partial charge < -0.3 is 10.2 Å². The van der Waals surface area contributed by atoms with E-state index in [1.807, 2.05) is 0 Å². The van der Waals surface area contributed by atoms with Gasteiger partial charge in [-0.15, -0.1) is 0 Å². The minimum absolute atomic E-state index is 0.00888. The van der Waals surface area contributed by atoms with Crippen molar-refractivity contribution in [2.24, 2.45) is 5.92 Å². The standard InChI is InChI=1S/C14H14F2N4/c15-9-1-2-10-14(13(9)16)18-6-12(19-10)20-4-3-8-5-17-11(8)7-20/h1-2,6,8,11,17H,3-5,7H2/t8-,11-/m1/s1. The van der Waals surface area contributed by atoms with Crippen LogP contribution < -0.4 is 10.2 Å². The number of aromatic nitrogens is 2. The second-order valence-electron chi connectivity index (χ2n) is 5.47. The number of halogens is 2. The van der Waals surface area contributed by atoms with E-state index in [1.165, 1.54) is 12.3 Å². The first-order valence-corrected chi connectivity index (χ1v) is 6.81. The lowest BCUT2D eigenvalue weighted by atomic mass is 9.85. The molecule has 2 aliphatic rings. The molecule has 2 aliphatic heterocycles. The Morgan fingerprint density at radius 1 is 1.30 bits per heavy atom. The third kappa shape index (κ3) is 1.75. The van der Waals surface area contributed by atoms with Crippen LogP contribution in [-0.4, -0.2) is 35.6 Å². The molecule has 2 saturated heterocycles. The van der Waals surface area contributed by atoms with Gasteiger partial charge in [0.05, 0.1) is 11.7 Å². The minimum atomic E-state index is -0.930. The number of piperidine rings is 1. The third-order valence-corrected chi connectivity index (χ3v) is 4.31. The molecule has 2 aromatic rings. The second kappa shape index (κ2) is 4.34. The highest BCUT2D eigenvalue weighted by molar-refractivity contribution is 5.76. The molecule has 1 aromatic heterocycles. The van der Waals surface area contributed by atoms with Crippen LogP contribution in [0.1, 0.15) is 6.42 Å². The van der Waals surface area contributed by atoms with Crippen LogP contribution in [-0.2, 0) is 0 Å². The summed E-state index contributed by atoms with van der Waals surface area (Å²) in [5.74, 6) is -0.318. The monoisotopic (exact) mass is 276 g/mol. The number of anilines is 1. The van der Waals surface area contributed by atoms with Crippen LogP contribution >= 0.6 is 0 Å². The van der Waals surface area contributed by atoms with Crippen molar-refractivity contribution >= 4 is 16.9 Å². The smallest absolute Gasteiger partial charge is 0.186 e. The molecule has 0 spiro atoms. The fourth-order valence-electron chi connectivity index (χ4n) is 3.00. The number of rotatable bonds is 1. The molecule has 3 heterocycles. The van der Waals surface area contributed by atoms with Crippen LogP contribution in [0.25, 0.3) is 11.0 Å². The van der Waals surface area contributed by atoms with E-state index in [-0.39, 0.29) is 5.52 Å². The molecule has 1 N–H and O–H groups in total. The number of nitrogens with one attached hydrogen (secondary N) is 1. The number of nitrogens with zero attached hydrogens (tertiary/aromatic N) is 3. The summed E-state index contributed by atoms with van der Waals surface area (Å²) in [5, 5.41) is 3.40. The van der Waals surface area contributed by atoms with Gasteiger partial charge in [0.15, 0.2) is 11.6 Å². The normalized spacial score (nSPS) is 25.4. The Bertz CT molecular complexity index is 676. The fourth-order valence-corrected chi connectivity index (χ4v) is 3.00. The van der Waals surface area contributed by atoms with E-state index in [1.54, 1.807) is 0 Å². The van der Waals surface area contributed by atoms with Gasteiger partial charge in [-0.3, -0.25) is 0 Å².